The van der Waals surface area contributed by atoms with Crippen LogP contribution in [-0.4, -0.2) is 37.3 Å². The molecule has 0 unspecified atom stereocenters. The van der Waals surface area contributed by atoms with Gasteiger partial charge in [-0.2, -0.15) is 0 Å². The third-order valence-electron chi connectivity index (χ3n) is 5.30. The van der Waals surface area contributed by atoms with Gasteiger partial charge in [0.25, 0.3) is 5.91 Å². The molecule has 0 aromatic heterocycles. The van der Waals surface area contributed by atoms with Crippen LogP contribution in [0.25, 0.3) is 0 Å². The minimum atomic E-state index is 0.170. The molecule has 0 atom stereocenters. The van der Waals surface area contributed by atoms with Crippen molar-refractivity contribution in [1.29, 1.82) is 0 Å². The lowest BCUT2D eigenvalue weighted by atomic mass is 9.98. The Bertz CT molecular complexity index is 781. The molecule has 0 radical (unpaired) electrons. The Balaban J connectivity index is 1.55. The number of ether oxygens (including phenoxy) is 2. The van der Waals surface area contributed by atoms with Crippen molar-refractivity contribution in [2.45, 2.75) is 32.2 Å². The van der Waals surface area contributed by atoms with Crippen molar-refractivity contribution in [3.63, 3.8) is 0 Å². The lowest BCUT2D eigenvalue weighted by molar-refractivity contribution is -0.127. The summed E-state index contributed by atoms with van der Waals surface area (Å²) in [6, 6.07) is 4.05. The molecule has 1 aromatic rings. The van der Waals surface area contributed by atoms with Gasteiger partial charge in [0.05, 0.1) is 19.1 Å². The Kier molecular flexibility index (Phi) is 4.50. The highest BCUT2D eigenvalue weighted by Gasteiger charge is 2.28. The van der Waals surface area contributed by atoms with E-state index in [1.165, 1.54) is 24.0 Å². The fourth-order valence-electron chi connectivity index (χ4n) is 3.87. The van der Waals surface area contributed by atoms with Crippen LogP contribution in [0, 0.1) is 0 Å². The minimum absolute atomic E-state index is 0.170. The predicted octanol–water partition coefficient (Wildman–Crippen LogP) is 3.70. The first kappa shape index (κ1) is 16.6. The van der Waals surface area contributed by atoms with Crippen molar-refractivity contribution in [2.75, 3.05) is 26.5 Å². The van der Waals surface area contributed by atoms with Crippen LogP contribution in [0.3, 0.4) is 0 Å². The van der Waals surface area contributed by atoms with Crippen molar-refractivity contribution in [3.8, 4) is 11.5 Å². The number of nitrogens with zero attached hydrogens (tertiary/aromatic N) is 1. The molecule has 1 amide bonds. The average molecular weight is 357 g/mol. The normalized spacial score (nSPS) is 19.3. The van der Waals surface area contributed by atoms with Crippen LogP contribution < -0.4 is 9.47 Å². The van der Waals surface area contributed by atoms with Gasteiger partial charge >= 0.3 is 0 Å². The molecule has 2 aliphatic heterocycles. The van der Waals surface area contributed by atoms with E-state index in [4.69, 9.17) is 9.47 Å². The number of hydrogen-bond donors (Lipinski definition) is 0. The molecule has 5 heteroatoms. The van der Waals surface area contributed by atoms with E-state index >= 15 is 0 Å². The summed E-state index contributed by atoms with van der Waals surface area (Å²) in [5.41, 5.74) is 5.35. The highest BCUT2D eigenvalue weighted by Crippen LogP contribution is 2.39. The highest BCUT2D eigenvalue weighted by molar-refractivity contribution is 8.04. The molecule has 0 fully saturated rings. The van der Waals surface area contributed by atoms with Gasteiger partial charge in [-0.05, 0) is 60.6 Å². The Morgan fingerprint density at radius 2 is 1.84 bits per heavy atom. The van der Waals surface area contributed by atoms with Gasteiger partial charge < -0.3 is 14.4 Å². The Morgan fingerprint density at radius 3 is 2.60 bits per heavy atom. The molecule has 2 heterocycles. The maximum absolute atomic E-state index is 13.0. The van der Waals surface area contributed by atoms with Crippen LogP contribution in [0.4, 0.5) is 0 Å². The highest BCUT2D eigenvalue weighted by atomic mass is 32.2. The van der Waals surface area contributed by atoms with E-state index in [9.17, 15) is 4.79 Å². The van der Waals surface area contributed by atoms with Gasteiger partial charge in [-0.1, -0.05) is 5.57 Å². The van der Waals surface area contributed by atoms with E-state index in [-0.39, 0.29) is 5.91 Å². The van der Waals surface area contributed by atoms with Gasteiger partial charge in [-0.15, -0.1) is 11.8 Å². The number of rotatable bonds is 3. The molecule has 1 aliphatic carbocycles. The third kappa shape index (κ3) is 3.06. The van der Waals surface area contributed by atoms with Gasteiger partial charge in [0.2, 0.25) is 0 Å². The first-order valence-corrected chi connectivity index (χ1v) is 9.76. The molecule has 25 heavy (non-hydrogen) atoms. The van der Waals surface area contributed by atoms with Crippen LogP contribution in [0.2, 0.25) is 0 Å². The van der Waals surface area contributed by atoms with Crippen LogP contribution in [0.1, 0.15) is 30.4 Å². The number of thioether (sulfide) groups is 1. The number of hydrogen-bond acceptors (Lipinski definition) is 4. The molecule has 3 aliphatic rings. The number of carbonyl (C=O) groups is 1. The standard InChI is InChI=1S/C20H23NO3S/c1-23-17-8-14-6-7-21(11-16(14)9-18(17)24-2)20(22)19-10-13-4-3-5-15(13)12-25-19/h8-10H,3-7,11-12H2,1-2H3. The SMILES string of the molecule is COc1cc2c(cc1OC)CN(C(=O)C1=CC3=C(CCC3)CS1)CC2. The zero-order valence-corrected chi connectivity index (χ0v) is 15.6. The summed E-state index contributed by atoms with van der Waals surface area (Å²) in [5.74, 6) is 2.64. The van der Waals surface area contributed by atoms with Gasteiger partial charge in [0, 0.05) is 18.8 Å². The van der Waals surface area contributed by atoms with Crippen molar-refractivity contribution in [3.05, 3.63) is 45.4 Å². The smallest absolute Gasteiger partial charge is 0.260 e. The Morgan fingerprint density at radius 1 is 1.08 bits per heavy atom. The quantitative estimate of drug-likeness (QED) is 0.827. The largest absolute Gasteiger partial charge is 0.493 e. The molecule has 0 bridgehead atoms. The molecule has 4 nitrogen and oxygen atoms in total. The first-order valence-electron chi connectivity index (χ1n) is 8.78. The summed E-state index contributed by atoms with van der Waals surface area (Å²) in [6.45, 7) is 1.39. The van der Waals surface area contributed by atoms with Crippen molar-refractivity contribution in [1.82, 2.24) is 4.90 Å². The van der Waals surface area contributed by atoms with Gasteiger partial charge in [-0.3, -0.25) is 4.79 Å². The summed E-state index contributed by atoms with van der Waals surface area (Å²) in [5, 5.41) is 0. The summed E-state index contributed by atoms with van der Waals surface area (Å²) in [6.07, 6.45) is 6.57. The number of fused-ring (bicyclic) bond motifs is 1. The van der Waals surface area contributed by atoms with E-state index in [0.717, 1.165) is 47.1 Å². The van der Waals surface area contributed by atoms with Crippen LogP contribution in [-0.2, 0) is 17.8 Å². The molecule has 0 spiro atoms. The average Bonchev–Trinajstić information content (AvgIpc) is 3.13. The molecule has 132 valence electrons. The summed E-state index contributed by atoms with van der Waals surface area (Å²) < 4.78 is 10.8. The minimum Gasteiger partial charge on any atom is -0.493 e. The molecule has 4 rings (SSSR count). The lowest BCUT2D eigenvalue weighted by Gasteiger charge is -2.31. The second kappa shape index (κ2) is 6.79. The van der Waals surface area contributed by atoms with E-state index in [1.807, 2.05) is 17.0 Å². The zero-order chi connectivity index (χ0) is 17.4. The van der Waals surface area contributed by atoms with E-state index in [1.54, 1.807) is 31.6 Å². The topological polar surface area (TPSA) is 38.8 Å². The predicted molar refractivity (Wildman–Crippen MR) is 100 cm³/mol. The van der Waals surface area contributed by atoms with E-state index in [0.29, 0.717) is 6.54 Å². The summed E-state index contributed by atoms with van der Waals surface area (Å²) in [7, 11) is 3.30. The number of methoxy groups -OCH3 is 2. The number of allylic oxidation sites excluding steroid dienone is 2. The number of amides is 1. The fraction of sp³-hybridized carbons (Fsp3) is 0.450. The zero-order valence-electron chi connectivity index (χ0n) is 14.8. The molecular formula is C20H23NO3S. The maximum Gasteiger partial charge on any atom is 0.260 e. The number of carbonyl (C=O) groups excluding carboxylic acids is 1. The van der Waals surface area contributed by atoms with Gasteiger partial charge in [0.15, 0.2) is 11.5 Å². The molecular weight excluding hydrogens is 334 g/mol. The van der Waals surface area contributed by atoms with Gasteiger partial charge in [-0.25, -0.2) is 0 Å². The van der Waals surface area contributed by atoms with Crippen molar-refractivity contribution < 1.29 is 14.3 Å². The number of benzene rings is 1. The summed E-state index contributed by atoms with van der Waals surface area (Å²) >= 11 is 1.70. The van der Waals surface area contributed by atoms with Crippen molar-refractivity contribution in [2.24, 2.45) is 0 Å². The van der Waals surface area contributed by atoms with Gasteiger partial charge in [0.1, 0.15) is 0 Å². The Hall–Kier alpha value is -1.88. The molecule has 0 saturated carbocycles. The third-order valence-corrected chi connectivity index (χ3v) is 6.40. The molecule has 0 saturated heterocycles. The molecule has 0 N–H and O–H groups in total. The van der Waals surface area contributed by atoms with Crippen molar-refractivity contribution >= 4 is 17.7 Å². The lowest BCUT2D eigenvalue weighted by Crippen LogP contribution is -2.36. The Labute approximate surface area is 152 Å². The van der Waals surface area contributed by atoms with Crippen LogP contribution >= 0.6 is 11.8 Å². The fourth-order valence-corrected chi connectivity index (χ4v) is 5.01. The molecule has 1 aromatic carbocycles. The monoisotopic (exact) mass is 357 g/mol. The second-order valence-electron chi connectivity index (χ2n) is 6.73. The van der Waals surface area contributed by atoms with Crippen LogP contribution in [0.15, 0.2) is 34.3 Å². The summed E-state index contributed by atoms with van der Waals surface area (Å²) in [4.78, 5) is 15.9. The maximum atomic E-state index is 13.0. The van der Waals surface area contributed by atoms with E-state index in [2.05, 4.69) is 6.08 Å². The second-order valence-corrected chi connectivity index (χ2v) is 7.75. The van der Waals surface area contributed by atoms with Crippen LogP contribution in [0.5, 0.6) is 11.5 Å². The first-order chi connectivity index (χ1) is 12.2. The van der Waals surface area contributed by atoms with E-state index < -0.39 is 0 Å².